The van der Waals surface area contributed by atoms with E-state index < -0.39 is 15.8 Å². The highest BCUT2D eigenvalue weighted by Gasteiger charge is 2.35. The van der Waals surface area contributed by atoms with Crippen LogP contribution in [0.5, 0.6) is 0 Å². The van der Waals surface area contributed by atoms with Gasteiger partial charge in [0, 0.05) is 32.3 Å². The molecule has 2 aromatic carbocycles. The molecule has 1 aromatic heterocycles. The van der Waals surface area contributed by atoms with Gasteiger partial charge in [-0.05, 0) is 47.4 Å². The number of fused-ring (bicyclic) bond motifs is 1. The first-order chi connectivity index (χ1) is 12.9. The summed E-state index contributed by atoms with van der Waals surface area (Å²) in [6.45, 7) is 2.24. The highest BCUT2D eigenvalue weighted by Crippen LogP contribution is 2.36. The molecular formula is C20H20FN3O2S. The zero-order valence-electron chi connectivity index (χ0n) is 15.1. The van der Waals surface area contributed by atoms with Crippen molar-refractivity contribution in [2.75, 3.05) is 6.54 Å². The fourth-order valence-corrected chi connectivity index (χ4v) is 5.34. The van der Waals surface area contributed by atoms with Crippen LogP contribution in [0, 0.1) is 12.7 Å². The number of benzene rings is 2. The SMILES string of the molecule is Cc1cc(F)ccc1S(=O)(=O)N1Cc2ccccc2C(c2cnn(C)c2)C1. The van der Waals surface area contributed by atoms with Crippen LogP contribution in [0.3, 0.4) is 0 Å². The fraction of sp³-hybridized carbons (Fsp3) is 0.250. The Morgan fingerprint density at radius 2 is 1.96 bits per heavy atom. The normalized spacial score (nSPS) is 17.7. The molecule has 1 aliphatic rings. The summed E-state index contributed by atoms with van der Waals surface area (Å²) >= 11 is 0. The summed E-state index contributed by atoms with van der Waals surface area (Å²) in [5.41, 5.74) is 3.47. The fourth-order valence-electron chi connectivity index (χ4n) is 3.70. The lowest BCUT2D eigenvalue weighted by molar-refractivity contribution is 0.371. The minimum Gasteiger partial charge on any atom is -0.276 e. The summed E-state index contributed by atoms with van der Waals surface area (Å²) in [6.07, 6.45) is 3.70. The van der Waals surface area contributed by atoms with E-state index in [1.165, 1.54) is 22.5 Å². The van der Waals surface area contributed by atoms with Crippen LogP contribution in [0.25, 0.3) is 0 Å². The molecule has 0 aliphatic carbocycles. The maximum absolute atomic E-state index is 13.4. The van der Waals surface area contributed by atoms with Gasteiger partial charge in [0.1, 0.15) is 5.82 Å². The van der Waals surface area contributed by atoms with Crippen molar-refractivity contribution in [2.24, 2.45) is 7.05 Å². The van der Waals surface area contributed by atoms with E-state index in [-0.39, 0.29) is 10.8 Å². The van der Waals surface area contributed by atoms with Crippen molar-refractivity contribution >= 4 is 10.0 Å². The molecule has 1 unspecified atom stereocenters. The molecule has 0 saturated carbocycles. The molecule has 27 heavy (non-hydrogen) atoms. The Labute approximate surface area is 158 Å². The molecule has 7 heteroatoms. The second-order valence-corrected chi connectivity index (χ2v) is 8.81. The highest BCUT2D eigenvalue weighted by molar-refractivity contribution is 7.89. The molecular weight excluding hydrogens is 365 g/mol. The van der Waals surface area contributed by atoms with Gasteiger partial charge in [-0.15, -0.1) is 0 Å². The first-order valence-corrected chi connectivity index (χ1v) is 10.1. The largest absolute Gasteiger partial charge is 0.276 e. The van der Waals surface area contributed by atoms with E-state index in [9.17, 15) is 12.8 Å². The van der Waals surface area contributed by atoms with E-state index in [1.54, 1.807) is 17.8 Å². The number of aromatic nitrogens is 2. The van der Waals surface area contributed by atoms with Gasteiger partial charge in [0.25, 0.3) is 0 Å². The maximum atomic E-state index is 13.4. The van der Waals surface area contributed by atoms with Gasteiger partial charge in [0.15, 0.2) is 0 Å². The van der Waals surface area contributed by atoms with E-state index >= 15 is 0 Å². The van der Waals surface area contributed by atoms with Gasteiger partial charge in [-0.3, -0.25) is 4.68 Å². The first kappa shape index (κ1) is 17.9. The molecule has 0 N–H and O–H groups in total. The molecule has 0 amide bonds. The van der Waals surface area contributed by atoms with Crippen molar-refractivity contribution in [1.82, 2.24) is 14.1 Å². The smallest absolute Gasteiger partial charge is 0.243 e. The van der Waals surface area contributed by atoms with E-state index in [2.05, 4.69) is 5.10 Å². The van der Waals surface area contributed by atoms with Crippen molar-refractivity contribution < 1.29 is 12.8 Å². The standard InChI is InChI=1S/C20H20FN3O2S/c1-14-9-17(21)7-8-20(14)27(25,26)24-12-15-5-3-4-6-18(15)19(13-24)16-10-22-23(2)11-16/h3-11,19H,12-13H2,1-2H3. The summed E-state index contributed by atoms with van der Waals surface area (Å²) < 4.78 is 43.2. The molecule has 1 aliphatic heterocycles. The maximum Gasteiger partial charge on any atom is 0.243 e. The monoisotopic (exact) mass is 385 g/mol. The zero-order valence-corrected chi connectivity index (χ0v) is 15.9. The third kappa shape index (κ3) is 3.17. The molecule has 0 saturated heterocycles. The number of hydrogen-bond acceptors (Lipinski definition) is 3. The van der Waals surface area contributed by atoms with Gasteiger partial charge in [-0.2, -0.15) is 9.40 Å². The van der Waals surface area contributed by atoms with Crippen molar-refractivity contribution in [3.63, 3.8) is 0 Å². The average molecular weight is 385 g/mol. The summed E-state index contributed by atoms with van der Waals surface area (Å²) in [5, 5.41) is 4.24. The van der Waals surface area contributed by atoms with E-state index in [1.807, 2.05) is 37.5 Å². The van der Waals surface area contributed by atoms with Crippen molar-refractivity contribution in [2.45, 2.75) is 24.3 Å². The van der Waals surface area contributed by atoms with Gasteiger partial charge in [-0.25, -0.2) is 12.8 Å². The Hall–Kier alpha value is -2.51. The van der Waals surface area contributed by atoms with Crippen molar-refractivity contribution in [3.05, 3.63) is 82.9 Å². The molecule has 0 radical (unpaired) electrons. The van der Waals surface area contributed by atoms with Crippen molar-refractivity contribution in [1.29, 1.82) is 0 Å². The predicted octanol–water partition coefficient (Wildman–Crippen LogP) is 3.20. The predicted molar refractivity (Wildman–Crippen MR) is 100 cm³/mol. The Balaban J connectivity index is 1.79. The van der Waals surface area contributed by atoms with Crippen LogP contribution in [-0.2, 0) is 23.6 Å². The van der Waals surface area contributed by atoms with E-state index in [4.69, 9.17) is 0 Å². The van der Waals surface area contributed by atoms with Gasteiger partial charge in [0.05, 0.1) is 11.1 Å². The summed E-state index contributed by atoms with van der Waals surface area (Å²) in [4.78, 5) is 0.146. The van der Waals surface area contributed by atoms with Crippen LogP contribution in [0.15, 0.2) is 59.8 Å². The van der Waals surface area contributed by atoms with Crippen LogP contribution in [0.1, 0.15) is 28.2 Å². The third-order valence-corrected chi connectivity index (χ3v) is 7.02. The van der Waals surface area contributed by atoms with Gasteiger partial charge < -0.3 is 0 Å². The molecule has 1 atom stereocenters. The Kier molecular flexibility index (Phi) is 4.36. The lowest BCUT2D eigenvalue weighted by Gasteiger charge is -2.34. The second-order valence-electron chi connectivity index (χ2n) is 6.91. The third-order valence-electron chi connectivity index (χ3n) is 5.05. The number of hydrogen-bond donors (Lipinski definition) is 0. The summed E-state index contributed by atoms with van der Waals surface area (Å²) in [5.74, 6) is -0.539. The number of halogens is 1. The van der Waals surface area contributed by atoms with Gasteiger partial charge >= 0.3 is 0 Å². The Morgan fingerprint density at radius 3 is 2.67 bits per heavy atom. The van der Waals surface area contributed by atoms with Crippen LogP contribution in [0.2, 0.25) is 0 Å². The molecule has 4 rings (SSSR count). The first-order valence-electron chi connectivity index (χ1n) is 8.69. The van der Waals surface area contributed by atoms with E-state index in [0.717, 1.165) is 16.7 Å². The molecule has 0 spiro atoms. The molecule has 2 heterocycles. The molecule has 0 bridgehead atoms. The Morgan fingerprint density at radius 1 is 1.19 bits per heavy atom. The van der Waals surface area contributed by atoms with Crippen molar-refractivity contribution in [3.8, 4) is 0 Å². The minimum atomic E-state index is -3.75. The van der Waals surface area contributed by atoms with Crippen LogP contribution in [0.4, 0.5) is 4.39 Å². The molecule has 140 valence electrons. The average Bonchev–Trinajstić information content (AvgIpc) is 3.06. The lowest BCUT2D eigenvalue weighted by Crippen LogP contribution is -2.38. The summed E-state index contributed by atoms with van der Waals surface area (Å²) in [7, 11) is -1.90. The van der Waals surface area contributed by atoms with Crippen LogP contribution >= 0.6 is 0 Å². The topological polar surface area (TPSA) is 55.2 Å². The highest BCUT2D eigenvalue weighted by atomic mass is 32.2. The number of sulfonamides is 1. The second kappa shape index (κ2) is 6.58. The molecule has 3 aromatic rings. The quantitative estimate of drug-likeness (QED) is 0.696. The molecule has 0 fully saturated rings. The number of aryl methyl sites for hydroxylation is 2. The molecule has 5 nitrogen and oxygen atoms in total. The number of rotatable bonds is 3. The summed E-state index contributed by atoms with van der Waals surface area (Å²) in [6, 6.07) is 11.7. The van der Waals surface area contributed by atoms with Crippen LogP contribution in [-0.4, -0.2) is 29.0 Å². The minimum absolute atomic E-state index is 0.0980. The van der Waals surface area contributed by atoms with Gasteiger partial charge in [-0.1, -0.05) is 24.3 Å². The zero-order chi connectivity index (χ0) is 19.2. The number of nitrogens with zero attached hydrogens (tertiary/aromatic N) is 3. The Bertz CT molecular complexity index is 1110. The lowest BCUT2D eigenvalue weighted by atomic mass is 9.87. The van der Waals surface area contributed by atoms with Gasteiger partial charge in [0.2, 0.25) is 10.0 Å². The van der Waals surface area contributed by atoms with Crippen LogP contribution < -0.4 is 0 Å². The van der Waals surface area contributed by atoms with E-state index in [0.29, 0.717) is 18.7 Å².